The number of para-hydroxylation sites is 2. The summed E-state index contributed by atoms with van der Waals surface area (Å²) < 4.78 is 12.9. The van der Waals surface area contributed by atoms with Gasteiger partial charge in [-0.1, -0.05) is 133 Å². The number of furan rings is 2. The van der Waals surface area contributed by atoms with Crippen LogP contribution in [0.3, 0.4) is 0 Å². The van der Waals surface area contributed by atoms with Gasteiger partial charge in [0.05, 0.1) is 0 Å². The highest BCUT2D eigenvalue weighted by Gasteiger charge is 2.20. The number of hydrogen-bond acceptors (Lipinski definition) is 5. The van der Waals surface area contributed by atoms with E-state index in [0.29, 0.717) is 17.5 Å². The van der Waals surface area contributed by atoms with Crippen molar-refractivity contribution >= 4 is 65.4 Å². The van der Waals surface area contributed by atoms with Gasteiger partial charge in [-0.2, -0.15) is 0 Å². The first kappa shape index (κ1) is 28.7. The third-order valence-electron chi connectivity index (χ3n) is 10.1. The number of hydrogen-bond donors (Lipinski definition) is 0. The molecular weight excluding hydrogens is 639 g/mol. The summed E-state index contributed by atoms with van der Waals surface area (Å²) in [5.41, 5.74) is 8.05. The van der Waals surface area contributed by atoms with Crippen molar-refractivity contribution in [1.82, 2.24) is 15.0 Å². The molecule has 0 saturated carbocycles. The van der Waals surface area contributed by atoms with Crippen molar-refractivity contribution in [2.24, 2.45) is 0 Å². The van der Waals surface area contributed by atoms with Crippen LogP contribution in [0.2, 0.25) is 0 Å². The van der Waals surface area contributed by atoms with Gasteiger partial charge in [0.2, 0.25) is 0 Å². The number of rotatable bonds is 4. The monoisotopic (exact) mass is 665 g/mol. The lowest BCUT2D eigenvalue weighted by atomic mass is 9.99. The number of benzene rings is 8. The van der Waals surface area contributed by atoms with Crippen molar-refractivity contribution in [3.63, 3.8) is 0 Å². The van der Waals surface area contributed by atoms with Gasteiger partial charge in [0.15, 0.2) is 17.5 Å². The normalized spacial score (nSPS) is 11.8. The van der Waals surface area contributed by atoms with E-state index < -0.39 is 0 Å². The van der Waals surface area contributed by atoms with Crippen LogP contribution < -0.4 is 0 Å². The minimum absolute atomic E-state index is 0.587. The number of nitrogens with zero attached hydrogens (tertiary/aromatic N) is 3. The summed E-state index contributed by atoms with van der Waals surface area (Å²) in [6.45, 7) is 0. The molecule has 5 heteroatoms. The molecule has 0 saturated heterocycles. The van der Waals surface area contributed by atoms with E-state index in [-0.39, 0.29) is 0 Å². The molecule has 0 unspecified atom stereocenters. The minimum atomic E-state index is 0.587. The summed E-state index contributed by atoms with van der Waals surface area (Å²) in [6.07, 6.45) is 0. The quantitative estimate of drug-likeness (QED) is 0.175. The molecule has 0 fully saturated rings. The fourth-order valence-electron chi connectivity index (χ4n) is 7.64. The van der Waals surface area contributed by atoms with E-state index in [4.69, 9.17) is 23.8 Å². The molecule has 0 bridgehead atoms. The lowest BCUT2D eigenvalue weighted by Gasteiger charge is -2.10. The average Bonchev–Trinajstić information content (AvgIpc) is 3.79. The summed E-state index contributed by atoms with van der Waals surface area (Å²) in [5, 5.41) is 8.89. The first-order chi connectivity index (χ1) is 25.7. The molecule has 242 valence electrons. The van der Waals surface area contributed by atoms with E-state index in [0.717, 1.165) is 77.1 Å². The lowest BCUT2D eigenvalue weighted by Crippen LogP contribution is -2.00. The molecule has 0 atom stereocenters. The van der Waals surface area contributed by atoms with Crippen LogP contribution in [0.15, 0.2) is 173 Å². The van der Waals surface area contributed by atoms with Gasteiger partial charge in [0.25, 0.3) is 0 Å². The van der Waals surface area contributed by atoms with Gasteiger partial charge in [-0.05, 0) is 57.4 Å². The highest BCUT2D eigenvalue weighted by Crippen LogP contribution is 2.41. The highest BCUT2D eigenvalue weighted by molar-refractivity contribution is 6.15. The Kier molecular flexibility index (Phi) is 6.18. The van der Waals surface area contributed by atoms with Crippen LogP contribution in [0.4, 0.5) is 0 Å². The SMILES string of the molecule is c1ccc(-c2nc(-c3ccc4ccc5ccccc5c4c3)nc(-c3cccc4oc5c(-c6ccc7c(c6)oc6ccccc67)cccc5c34)n2)cc1. The van der Waals surface area contributed by atoms with Crippen molar-refractivity contribution in [2.75, 3.05) is 0 Å². The second-order valence-corrected chi connectivity index (χ2v) is 13.2. The molecule has 3 aromatic heterocycles. The maximum absolute atomic E-state index is 6.69. The van der Waals surface area contributed by atoms with Crippen LogP contribution in [-0.2, 0) is 0 Å². The molecule has 0 aliphatic rings. The Bertz CT molecular complexity index is 3190. The van der Waals surface area contributed by atoms with Gasteiger partial charge in [0.1, 0.15) is 22.3 Å². The van der Waals surface area contributed by atoms with E-state index in [1.807, 2.05) is 60.7 Å². The van der Waals surface area contributed by atoms with Crippen LogP contribution in [-0.4, -0.2) is 15.0 Å². The van der Waals surface area contributed by atoms with Crippen LogP contribution in [0.5, 0.6) is 0 Å². The van der Waals surface area contributed by atoms with Crippen LogP contribution in [0, 0.1) is 0 Å². The van der Waals surface area contributed by atoms with E-state index in [1.165, 1.54) is 16.2 Å². The third kappa shape index (κ3) is 4.46. The molecule has 11 aromatic rings. The first-order valence-electron chi connectivity index (χ1n) is 17.3. The Morgan fingerprint density at radius 1 is 0.327 bits per heavy atom. The number of aromatic nitrogens is 3. The van der Waals surface area contributed by atoms with E-state index in [9.17, 15) is 0 Å². The Hall–Kier alpha value is -7.11. The largest absolute Gasteiger partial charge is 0.456 e. The maximum Gasteiger partial charge on any atom is 0.164 e. The summed E-state index contributed by atoms with van der Waals surface area (Å²) >= 11 is 0. The molecule has 0 amide bonds. The predicted octanol–water partition coefficient (Wildman–Crippen LogP) is 12.6. The van der Waals surface area contributed by atoms with Gasteiger partial charge in [-0.3, -0.25) is 0 Å². The second kappa shape index (κ2) is 11.2. The summed E-state index contributed by atoms with van der Waals surface area (Å²) in [6, 6.07) is 56.3. The molecule has 0 spiro atoms. The van der Waals surface area contributed by atoms with Gasteiger partial charge in [0, 0.05) is 43.8 Å². The topological polar surface area (TPSA) is 65.0 Å². The Labute approximate surface area is 297 Å². The van der Waals surface area contributed by atoms with Crippen molar-refractivity contribution in [3.05, 3.63) is 164 Å². The standard InChI is InChI=1S/C47H27N3O2/c1-2-11-30(12-3-1)45-48-46(32-23-22-29-21-20-28-10-4-5-13-33(28)39(29)26-32)50-47(49-45)38-17-9-19-41-43(38)37-16-8-15-34(44(37)52-41)31-24-25-36-35-14-6-7-18-40(35)51-42(36)27-31/h1-27H. The Balaban J connectivity index is 1.12. The summed E-state index contributed by atoms with van der Waals surface area (Å²) in [7, 11) is 0. The zero-order valence-corrected chi connectivity index (χ0v) is 27.7. The lowest BCUT2D eigenvalue weighted by molar-refractivity contribution is 0.668. The molecular formula is C47H27N3O2. The zero-order valence-electron chi connectivity index (χ0n) is 27.7. The van der Waals surface area contributed by atoms with Crippen LogP contribution >= 0.6 is 0 Å². The van der Waals surface area contributed by atoms with Gasteiger partial charge in [-0.15, -0.1) is 0 Å². The van der Waals surface area contributed by atoms with Gasteiger partial charge < -0.3 is 8.83 Å². The second-order valence-electron chi connectivity index (χ2n) is 13.2. The molecule has 11 rings (SSSR count). The molecule has 8 aromatic carbocycles. The van der Waals surface area contributed by atoms with E-state index in [1.54, 1.807) is 0 Å². The van der Waals surface area contributed by atoms with Gasteiger partial charge >= 0.3 is 0 Å². The average molecular weight is 666 g/mol. The van der Waals surface area contributed by atoms with Crippen molar-refractivity contribution in [2.45, 2.75) is 0 Å². The summed E-state index contributed by atoms with van der Waals surface area (Å²) in [5.74, 6) is 1.82. The Morgan fingerprint density at radius 3 is 1.87 bits per heavy atom. The zero-order chi connectivity index (χ0) is 34.2. The third-order valence-corrected chi connectivity index (χ3v) is 10.1. The van der Waals surface area contributed by atoms with Gasteiger partial charge in [-0.25, -0.2) is 15.0 Å². The van der Waals surface area contributed by atoms with Crippen LogP contribution in [0.25, 0.3) is 111 Å². The fraction of sp³-hybridized carbons (Fsp3) is 0. The maximum atomic E-state index is 6.69. The summed E-state index contributed by atoms with van der Waals surface area (Å²) in [4.78, 5) is 15.3. The molecule has 0 aliphatic heterocycles. The first-order valence-corrected chi connectivity index (χ1v) is 17.3. The van der Waals surface area contributed by atoms with Crippen molar-refractivity contribution < 1.29 is 8.83 Å². The smallest absolute Gasteiger partial charge is 0.164 e. The molecule has 52 heavy (non-hydrogen) atoms. The molecule has 0 aliphatic carbocycles. The molecule has 5 nitrogen and oxygen atoms in total. The number of fused-ring (bicyclic) bond motifs is 9. The van der Waals surface area contributed by atoms with E-state index in [2.05, 4.69) is 103 Å². The minimum Gasteiger partial charge on any atom is -0.456 e. The predicted molar refractivity (Wildman–Crippen MR) is 211 cm³/mol. The van der Waals surface area contributed by atoms with E-state index >= 15 is 0 Å². The Morgan fingerprint density at radius 2 is 0.962 bits per heavy atom. The fourth-order valence-corrected chi connectivity index (χ4v) is 7.64. The molecule has 0 radical (unpaired) electrons. The highest BCUT2D eigenvalue weighted by atomic mass is 16.3. The molecule has 0 N–H and O–H groups in total. The van der Waals surface area contributed by atoms with Crippen molar-refractivity contribution in [3.8, 4) is 45.3 Å². The molecule has 3 heterocycles. The van der Waals surface area contributed by atoms with Crippen molar-refractivity contribution in [1.29, 1.82) is 0 Å². The van der Waals surface area contributed by atoms with Crippen LogP contribution in [0.1, 0.15) is 0 Å².